The van der Waals surface area contributed by atoms with Gasteiger partial charge in [-0.2, -0.15) is 5.26 Å². The molecule has 0 amide bonds. The van der Waals surface area contributed by atoms with E-state index in [0.717, 1.165) is 78.2 Å². The number of aromatic nitrogens is 2. The van der Waals surface area contributed by atoms with Gasteiger partial charge < -0.3 is 19.5 Å². The maximum absolute atomic E-state index is 14.8. The minimum atomic E-state index is -0.528. The Kier molecular flexibility index (Phi) is 5.85. The zero-order chi connectivity index (χ0) is 25.6. The van der Waals surface area contributed by atoms with Crippen LogP contribution in [0.4, 0.5) is 10.1 Å². The molecule has 4 aromatic rings. The number of nitrogens with one attached hydrogen (secondary N) is 1. The minimum Gasteiger partial charge on any atom is -0.490 e. The Hall–Kier alpha value is -3.89. The number of benzene rings is 2. The molecule has 0 saturated carbocycles. The molecule has 4 heterocycles. The molecule has 0 radical (unpaired) electrons. The highest BCUT2D eigenvalue weighted by atomic mass is 19.1. The Labute approximate surface area is 216 Å². The Morgan fingerprint density at radius 2 is 1.95 bits per heavy atom. The predicted octanol–water partition coefficient (Wildman–Crippen LogP) is 5.60. The summed E-state index contributed by atoms with van der Waals surface area (Å²) in [6, 6.07) is 15.0. The molecule has 1 fully saturated rings. The van der Waals surface area contributed by atoms with E-state index >= 15 is 0 Å². The molecule has 6 nitrogen and oxygen atoms in total. The van der Waals surface area contributed by atoms with Crippen LogP contribution >= 0.6 is 0 Å². The summed E-state index contributed by atoms with van der Waals surface area (Å²) in [7, 11) is 2.06. The molecule has 2 aliphatic heterocycles. The van der Waals surface area contributed by atoms with Gasteiger partial charge in [0.1, 0.15) is 24.2 Å². The van der Waals surface area contributed by atoms with Gasteiger partial charge in [0.2, 0.25) is 0 Å². The summed E-state index contributed by atoms with van der Waals surface area (Å²) in [5, 5.41) is 13.7. The van der Waals surface area contributed by atoms with Crippen molar-refractivity contribution in [2.45, 2.75) is 26.3 Å². The molecular weight excluding hydrogens is 465 g/mol. The summed E-state index contributed by atoms with van der Waals surface area (Å²) in [6.45, 7) is 6.79. The number of anilines is 1. The van der Waals surface area contributed by atoms with Crippen molar-refractivity contribution in [2.75, 3.05) is 38.2 Å². The fourth-order valence-electron chi connectivity index (χ4n) is 5.67. The number of nitrogens with zero attached hydrogens (tertiary/aromatic N) is 4. The van der Waals surface area contributed by atoms with E-state index in [1.165, 1.54) is 6.07 Å². The Morgan fingerprint density at radius 1 is 1.14 bits per heavy atom. The van der Waals surface area contributed by atoms with Gasteiger partial charge in [0.15, 0.2) is 0 Å². The van der Waals surface area contributed by atoms with Crippen LogP contribution in [-0.2, 0) is 6.54 Å². The average molecular weight is 496 g/mol. The number of pyridine rings is 1. The summed E-state index contributed by atoms with van der Waals surface area (Å²) in [5.74, 6) is 0.293. The number of nitriles is 1. The summed E-state index contributed by atoms with van der Waals surface area (Å²) in [6.07, 6.45) is 6.30. The van der Waals surface area contributed by atoms with E-state index in [4.69, 9.17) is 9.72 Å². The van der Waals surface area contributed by atoms with Gasteiger partial charge in [0.25, 0.3) is 0 Å². The fourth-order valence-corrected chi connectivity index (χ4v) is 5.67. The molecular formula is C30H30FN5O. The Morgan fingerprint density at radius 3 is 2.73 bits per heavy atom. The van der Waals surface area contributed by atoms with E-state index in [9.17, 15) is 9.65 Å². The highest BCUT2D eigenvalue weighted by Crippen LogP contribution is 2.42. The van der Waals surface area contributed by atoms with Gasteiger partial charge in [0, 0.05) is 36.3 Å². The van der Waals surface area contributed by atoms with Gasteiger partial charge >= 0.3 is 0 Å². The molecule has 0 bridgehead atoms. The number of fused-ring (bicyclic) bond motifs is 2. The first-order chi connectivity index (χ1) is 18.0. The van der Waals surface area contributed by atoms with E-state index in [0.29, 0.717) is 12.2 Å². The molecule has 2 aromatic carbocycles. The Balaban J connectivity index is 1.52. The van der Waals surface area contributed by atoms with Crippen LogP contribution in [0.5, 0.6) is 5.75 Å². The zero-order valence-corrected chi connectivity index (χ0v) is 21.2. The van der Waals surface area contributed by atoms with Crippen LogP contribution in [0.25, 0.3) is 33.3 Å². The van der Waals surface area contributed by atoms with Gasteiger partial charge in [-0.05, 0) is 67.2 Å². The average Bonchev–Trinajstić information content (AvgIpc) is 3.30. The van der Waals surface area contributed by atoms with Crippen molar-refractivity contribution in [3.63, 3.8) is 0 Å². The number of likely N-dealkylation sites (N-methyl/N-ethyl adjacent to an activating group) is 1. The lowest BCUT2D eigenvalue weighted by Gasteiger charge is -2.34. The second-order valence-corrected chi connectivity index (χ2v) is 10.5. The standard InChI is InChI=1S/C30H30FN5O/c1-30(8-10-33-11-9-30)19-36-12-7-23-26(36)18-34-29(28(23)20-3-4-22(17-32)24(31)15-20)21-5-6-25-27(16-21)37-14-13-35(25)2/h3-7,12,15-16,18,33H,8-11,13-14,19H2,1-2H3. The number of rotatable bonds is 4. The molecule has 1 N–H and O–H groups in total. The first-order valence-electron chi connectivity index (χ1n) is 12.8. The molecule has 6 rings (SSSR count). The van der Waals surface area contributed by atoms with Gasteiger partial charge in [-0.3, -0.25) is 4.98 Å². The van der Waals surface area contributed by atoms with Crippen molar-refractivity contribution in [3.05, 3.63) is 66.2 Å². The van der Waals surface area contributed by atoms with Crippen LogP contribution in [0.15, 0.2) is 54.9 Å². The zero-order valence-electron chi connectivity index (χ0n) is 21.2. The first-order valence-corrected chi connectivity index (χ1v) is 12.8. The highest BCUT2D eigenvalue weighted by molar-refractivity contribution is 6.02. The Bertz CT molecular complexity index is 1530. The molecule has 1 saturated heterocycles. The van der Waals surface area contributed by atoms with Gasteiger partial charge in [-0.15, -0.1) is 0 Å². The fraction of sp³-hybridized carbons (Fsp3) is 0.333. The van der Waals surface area contributed by atoms with E-state index in [2.05, 4.69) is 53.2 Å². The van der Waals surface area contributed by atoms with Crippen LogP contribution < -0.4 is 15.0 Å². The second kappa shape index (κ2) is 9.20. The quantitative estimate of drug-likeness (QED) is 0.399. The van der Waals surface area contributed by atoms with E-state index < -0.39 is 5.82 Å². The van der Waals surface area contributed by atoms with Crippen molar-refractivity contribution in [3.8, 4) is 34.2 Å². The molecule has 2 aromatic heterocycles. The van der Waals surface area contributed by atoms with E-state index in [-0.39, 0.29) is 11.0 Å². The van der Waals surface area contributed by atoms with Crippen molar-refractivity contribution in [1.82, 2.24) is 14.9 Å². The van der Waals surface area contributed by atoms with Crippen LogP contribution in [0.2, 0.25) is 0 Å². The van der Waals surface area contributed by atoms with Crippen LogP contribution in [0.3, 0.4) is 0 Å². The van der Waals surface area contributed by atoms with Crippen molar-refractivity contribution in [1.29, 1.82) is 5.26 Å². The third-order valence-corrected chi connectivity index (χ3v) is 7.90. The number of halogens is 1. The van der Waals surface area contributed by atoms with Gasteiger partial charge in [-0.25, -0.2) is 4.39 Å². The highest BCUT2D eigenvalue weighted by Gasteiger charge is 2.28. The second-order valence-electron chi connectivity index (χ2n) is 10.5. The number of hydrogen-bond acceptors (Lipinski definition) is 5. The summed E-state index contributed by atoms with van der Waals surface area (Å²) >= 11 is 0. The molecule has 37 heavy (non-hydrogen) atoms. The molecule has 0 aliphatic carbocycles. The van der Waals surface area contributed by atoms with Crippen molar-refractivity contribution >= 4 is 16.6 Å². The SMILES string of the molecule is CN1CCOc2cc(-c3ncc4c(ccn4CC4(C)CCNCC4)c3-c3ccc(C#N)c(F)c3)ccc21. The number of piperidine rings is 1. The summed E-state index contributed by atoms with van der Waals surface area (Å²) in [4.78, 5) is 7.13. The largest absolute Gasteiger partial charge is 0.490 e. The molecule has 0 atom stereocenters. The normalized spacial score (nSPS) is 16.8. The molecule has 188 valence electrons. The summed E-state index contributed by atoms with van der Waals surface area (Å²) in [5.41, 5.74) is 5.55. The smallest absolute Gasteiger partial charge is 0.143 e. The predicted molar refractivity (Wildman–Crippen MR) is 144 cm³/mol. The third-order valence-electron chi connectivity index (χ3n) is 7.90. The lowest BCUT2D eigenvalue weighted by molar-refractivity contribution is 0.197. The molecule has 0 spiro atoms. The molecule has 2 aliphatic rings. The van der Waals surface area contributed by atoms with Crippen LogP contribution in [0.1, 0.15) is 25.3 Å². The lowest BCUT2D eigenvalue weighted by Crippen LogP contribution is -2.37. The molecule has 7 heteroatoms. The maximum Gasteiger partial charge on any atom is 0.143 e. The van der Waals surface area contributed by atoms with Crippen molar-refractivity contribution < 1.29 is 9.13 Å². The number of ether oxygens (including phenoxy) is 1. The maximum atomic E-state index is 14.8. The minimum absolute atomic E-state index is 0.0343. The van der Waals surface area contributed by atoms with Crippen LogP contribution in [-0.4, -0.2) is 42.8 Å². The van der Waals surface area contributed by atoms with E-state index in [1.54, 1.807) is 6.07 Å². The topological polar surface area (TPSA) is 66.1 Å². The van der Waals surface area contributed by atoms with Gasteiger partial charge in [0.05, 0.1) is 35.2 Å². The lowest BCUT2D eigenvalue weighted by atomic mass is 9.81. The summed E-state index contributed by atoms with van der Waals surface area (Å²) < 4.78 is 23.1. The van der Waals surface area contributed by atoms with E-state index in [1.807, 2.05) is 24.4 Å². The number of hydrogen-bond donors (Lipinski definition) is 1. The monoisotopic (exact) mass is 495 g/mol. The van der Waals surface area contributed by atoms with Crippen molar-refractivity contribution in [2.24, 2.45) is 5.41 Å². The van der Waals surface area contributed by atoms with Crippen LogP contribution in [0, 0.1) is 22.6 Å². The van der Waals surface area contributed by atoms with Gasteiger partial charge in [-0.1, -0.05) is 19.1 Å². The molecule has 0 unspecified atom stereocenters. The third kappa shape index (κ3) is 4.21. The first kappa shape index (κ1) is 23.5.